The molecular weight excluding hydrogens is 312 g/mol. The van der Waals surface area contributed by atoms with Gasteiger partial charge in [-0.3, -0.25) is 4.79 Å². The Kier molecular flexibility index (Phi) is 3.54. The Hall–Kier alpha value is -2.73. The molecule has 0 saturated carbocycles. The summed E-state index contributed by atoms with van der Waals surface area (Å²) in [6.07, 6.45) is -1.70. The zero-order chi connectivity index (χ0) is 16.7. The third-order valence-electron chi connectivity index (χ3n) is 4.36. The van der Waals surface area contributed by atoms with Gasteiger partial charge in [-0.15, -0.1) is 0 Å². The van der Waals surface area contributed by atoms with E-state index >= 15 is 0 Å². The molecule has 0 amide bonds. The van der Waals surface area contributed by atoms with Gasteiger partial charge in [0.1, 0.15) is 17.8 Å². The summed E-state index contributed by atoms with van der Waals surface area (Å²) in [6.45, 7) is 0.163. The first-order valence-electron chi connectivity index (χ1n) is 7.60. The molecule has 0 radical (unpaired) electrons. The van der Waals surface area contributed by atoms with Crippen LogP contribution in [-0.4, -0.2) is 25.0 Å². The van der Waals surface area contributed by atoms with E-state index < -0.39 is 24.1 Å². The Labute approximate surface area is 138 Å². The van der Waals surface area contributed by atoms with Crippen molar-refractivity contribution in [3.63, 3.8) is 0 Å². The van der Waals surface area contributed by atoms with Crippen LogP contribution in [0.4, 0.5) is 0 Å². The smallest absolute Gasteiger partial charge is 0.315 e. The van der Waals surface area contributed by atoms with Crippen LogP contribution in [-0.2, 0) is 9.53 Å². The molecule has 0 spiro atoms. The standard InChI is InChI=1S/C18H16O6/c1-21-18(20)15-16(19)11-4-2-3-5-12(11)24-17(15)10-6-7-13-14(8-10)23-9-22-13/h2-8,15-17,19H,9H2,1H3. The van der Waals surface area contributed by atoms with E-state index in [1.165, 1.54) is 7.11 Å². The van der Waals surface area contributed by atoms with Crippen molar-refractivity contribution in [2.75, 3.05) is 13.9 Å². The molecule has 2 heterocycles. The van der Waals surface area contributed by atoms with E-state index in [1.54, 1.807) is 36.4 Å². The van der Waals surface area contributed by atoms with E-state index in [4.69, 9.17) is 18.9 Å². The normalized spacial score (nSPS) is 24.0. The second-order valence-electron chi connectivity index (χ2n) is 5.68. The Morgan fingerprint density at radius 1 is 1.12 bits per heavy atom. The second kappa shape index (κ2) is 5.72. The molecule has 2 aromatic rings. The zero-order valence-corrected chi connectivity index (χ0v) is 13.0. The molecule has 0 aromatic heterocycles. The van der Waals surface area contributed by atoms with E-state index in [0.29, 0.717) is 28.4 Å². The van der Waals surface area contributed by atoms with Gasteiger partial charge in [0.15, 0.2) is 11.5 Å². The molecule has 1 N–H and O–H groups in total. The van der Waals surface area contributed by atoms with E-state index in [-0.39, 0.29) is 6.79 Å². The molecular formula is C18H16O6. The molecule has 4 rings (SSSR count). The molecule has 0 aliphatic carbocycles. The number of aliphatic hydroxyl groups is 1. The molecule has 6 nitrogen and oxygen atoms in total. The van der Waals surface area contributed by atoms with Crippen molar-refractivity contribution >= 4 is 5.97 Å². The average Bonchev–Trinajstić information content (AvgIpc) is 3.08. The van der Waals surface area contributed by atoms with Crippen LogP contribution in [0.3, 0.4) is 0 Å². The summed E-state index contributed by atoms with van der Waals surface area (Å²) in [5, 5.41) is 10.7. The van der Waals surface area contributed by atoms with Crippen molar-refractivity contribution in [2.24, 2.45) is 5.92 Å². The maximum Gasteiger partial charge on any atom is 0.315 e. The summed E-state index contributed by atoms with van der Waals surface area (Å²) in [6, 6.07) is 12.5. The highest BCUT2D eigenvalue weighted by Crippen LogP contribution is 2.46. The van der Waals surface area contributed by atoms with Crippen LogP contribution in [0.15, 0.2) is 42.5 Å². The van der Waals surface area contributed by atoms with Gasteiger partial charge in [-0.2, -0.15) is 0 Å². The number of esters is 1. The summed E-state index contributed by atoms with van der Waals surface area (Å²) in [5.74, 6) is 0.385. The minimum atomic E-state index is -1.02. The summed E-state index contributed by atoms with van der Waals surface area (Å²) in [5.41, 5.74) is 1.29. The summed E-state index contributed by atoms with van der Waals surface area (Å²) < 4.78 is 21.6. The number of fused-ring (bicyclic) bond motifs is 2. The molecule has 124 valence electrons. The number of hydrogen-bond donors (Lipinski definition) is 1. The third-order valence-corrected chi connectivity index (χ3v) is 4.36. The number of hydrogen-bond acceptors (Lipinski definition) is 6. The molecule has 3 unspecified atom stereocenters. The fourth-order valence-corrected chi connectivity index (χ4v) is 3.16. The van der Waals surface area contributed by atoms with Crippen LogP contribution in [0.2, 0.25) is 0 Å². The van der Waals surface area contributed by atoms with Crippen LogP contribution in [0, 0.1) is 5.92 Å². The fourth-order valence-electron chi connectivity index (χ4n) is 3.16. The van der Waals surface area contributed by atoms with Crippen molar-refractivity contribution in [1.29, 1.82) is 0 Å². The van der Waals surface area contributed by atoms with Gasteiger partial charge < -0.3 is 24.1 Å². The van der Waals surface area contributed by atoms with Crippen LogP contribution in [0.1, 0.15) is 23.3 Å². The first kappa shape index (κ1) is 14.8. The number of methoxy groups -OCH3 is 1. The maximum absolute atomic E-state index is 12.3. The lowest BCUT2D eigenvalue weighted by atomic mass is 9.84. The number of benzene rings is 2. The minimum Gasteiger partial charge on any atom is -0.484 e. The molecule has 6 heteroatoms. The number of ether oxygens (including phenoxy) is 4. The quantitative estimate of drug-likeness (QED) is 0.853. The highest BCUT2D eigenvalue weighted by atomic mass is 16.7. The van der Waals surface area contributed by atoms with Gasteiger partial charge in [0, 0.05) is 5.56 Å². The lowest BCUT2D eigenvalue weighted by Crippen LogP contribution is -2.36. The Morgan fingerprint density at radius 2 is 1.92 bits per heavy atom. The molecule has 0 bridgehead atoms. The molecule has 0 fully saturated rings. The van der Waals surface area contributed by atoms with E-state index in [9.17, 15) is 9.90 Å². The number of para-hydroxylation sites is 1. The summed E-state index contributed by atoms with van der Waals surface area (Å²) in [4.78, 5) is 12.3. The molecule has 3 atom stereocenters. The Morgan fingerprint density at radius 3 is 2.75 bits per heavy atom. The highest BCUT2D eigenvalue weighted by molar-refractivity contribution is 5.75. The van der Waals surface area contributed by atoms with E-state index in [0.717, 1.165) is 0 Å². The maximum atomic E-state index is 12.3. The molecule has 2 aliphatic heterocycles. The van der Waals surface area contributed by atoms with Crippen LogP contribution >= 0.6 is 0 Å². The van der Waals surface area contributed by atoms with Crippen molar-refractivity contribution in [2.45, 2.75) is 12.2 Å². The topological polar surface area (TPSA) is 74.2 Å². The molecule has 2 aliphatic rings. The Balaban J connectivity index is 1.78. The van der Waals surface area contributed by atoms with Crippen molar-refractivity contribution in [3.05, 3.63) is 53.6 Å². The number of aliphatic hydroxyl groups excluding tert-OH is 1. The largest absolute Gasteiger partial charge is 0.484 e. The van der Waals surface area contributed by atoms with Gasteiger partial charge in [0.2, 0.25) is 6.79 Å². The summed E-state index contributed by atoms with van der Waals surface area (Å²) >= 11 is 0. The Bertz CT molecular complexity index is 787. The van der Waals surface area contributed by atoms with Gasteiger partial charge in [-0.05, 0) is 23.8 Å². The molecule has 2 aromatic carbocycles. The second-order valence-corrected chi connectivity index (χ2v) is 5.68. The fraction of sp³-hybridized carbons (Fsp3) is 0.278. The van der Waals surface area contributed by atoms with E-state index in [1.807, 2.05) is 6.07 Å². The van der Waals surface area contributed by atoms with Gasteiger partial charge >= 0.3 is 5.97 Å². The SMILES string of the molecule is COC(=O)C1C(O)c2ccccc2OC1c1ccc2c(c1)OCO2. The number of rotatable bonds is 2. The summed E-state index contributed by atoms with van der Waals surface area (Å²) in [7, 11) is 1.30. The lowest BCUT2D eigenvalue weighted by Gasteiger charge is -2.35. The molecule has 0 saturated heterocycles. The van der Waals surface area contributed by atoms with Crippen LogP contribution in [0.5, 0.6) is 17.2 Å². The monoisotopic (exact) mass is 328 g/mol. The van der Waals surface area contributed by atoms with Crippen molar-refractivity contribution in [3.8, 4) is 17.2 Å². The van der Waals surface area contributed by atoms with Gasteiger partial charge in [-0.25, -0.2) is 0 Å². The van der Waals surface area contributed by atoms with Gasteiger partial charge in [-0.1, -0.05) is 24.3 Å². The third kappa shape index (κ3) is 2.27. The highest BCUT2D eigenvalue weighted by Gasteiger charge is 2.44. The predicted molar refractivity (Wildman–Crippen MR) is 82.8 cm³/mol. The minimum absolute atomic E-state index is 0.163. The van der Waals surface area contributed by atoms with Crippen molar-refractivity contribution < 1.29 is 28.8 Å². The van der Waals surface area contributed by atoms with Crippen molar-refractivity contribution in [1.82, 2.24) is 0 Å². The number of carbonyl (C=O) groups excluding carboxylic acids is 1. The predicted octanol–water partition coefficient (Wildman–Crippen LogP) is 2.37. The number of carbonyl (C=O) groups is 1. The van der Waals surface area contributed by atoms with Crippen LogP contribution < -0.4 is 14.2 Å². The van der Waals surface area contributed by atoms with Gasteiger partial charge in [0.25, 0.3) is 0 Å². The van der Waals surface area contributed by atoms with E-state index in [2.05, 4.69) is 0 Å². The average molecular weight is 328 g/mol. The first-order valence-corrected chi connectivity index (χ1v) is 7.60. The van der Waals surface area contributed by atoms with Crippen LogP contribution in [0.25, 0.3) is 0 Å². The first-order chi connectivity index (χ1) is 11.7. The lowest BCUT2D eigenvalue weighted by molar-refractivity contribution is -0.156. The molecule has 24 heavy (non-hydrogen) atoms. The zero-order valence-electron chi connectivity index (χ0n) is 13.0. The van der Waals surface area contributed by atoms with Gasteiger partial charge in [0.05, 0.1) is 13.2 Å².